The molecular weight excluding hydrogens is 510 g/mol. The van der Waals surface area contributed by atoms with Crippen LogP contribution in [0, 0.1) is 0 Å². The summed E-state index contributed by atoms with van der Waals surface area (Å²) in [5, 5.41) is 3.85. The van der Waals surface area contributed by atoms with E-state index in [1.807, 2.05) is 36.4 Å². The first-order chi connectivity index (χ1) is 18.3. The molecule has 0 radical (unpaired) electrons. The highest BCUT2D eigenvalue weighted by Crippen LogP contribution is 2.25. The summed E-state index contributed by atoms with van der Waals surface area (Å²) in [4.78, 5) is 29.1. The molecule has 11 heteroatoms. The van der Waals surface area contributed by atoms with Crippen molar-refractivity contribution < 1.29 is 18.3 Å². The largest absolute Gasteiger partial charge is 0.372 e. The third-order valence-corrected chi connectivity index (χ3v) is 7.48. The maximum Gasteiger partial charge on any atom is 0.298 e. The summed E-state index contributed by atoms with van der Waals surface area (Å²) in [5.41, 5.74) is 2.86. The SMILES string of the molecule is CC1CN(c2cccc(-c3ccc4cnc(CC(=O)NC5CCCN(SC(F)F)C5)cc4n3)n2)CC(C)O1. The van der Waals surface area contributed by atoms with Crippen LogP contribution in [-0.4, -0.2) is 75.4 Å². The molecule has 2 aliphatic heterocycles. The molecule has 1 amide bonds. The third kappa shape index (κ3) is 6.75. The van der Waals surface area contributed by atoms with Crippen molar-refractivity contribution in [2.75, 3.05) is 31.1 Å². The number of carbonyl (C=O) groups excluding carboxylic acids is 1. The molecule has 5 heterocycles. The lowest BCUT2D eigenvalue weighted by atomic mass is 10.1. The first-order valence-corrected chi connectivity index (χ1v) is 13.8. The van der Waals surface area contributed by atoms with Crippen LogP contribution in [-0.2, 0) is 16.0 Å². The van der Waals surface area contributed by atoms with Gasteiger partial charge in [-0.15, -0.1) is 0 Å². The lowest BCUT2D eigenvalue weighted by molar-refractivity contribution is -0.121. The van der Waals surface area contributed by atoms with Crippen molar-refractivity contribution in [1.29, 1.82) is 0 Å². The lowest BCUT2D eigenvalue weighted by Gasteiger charge is -2.36. The maximum atomic E-state index is 12.7. The molecule has 3 unspecified atom stereocenters. The number of nitrogens with zero attached hydrogens (tertiary/aromatic N) is 5. The average Bonchev–Trinajstić information content (AvgIpc) is 2.87. The summed E-state index contributed by atoms with van der Waals surface area (Å²) in [6.07, 6.45) is 3.64. The molecule has 8 nitrogen and oxygen atoms in total. The number of anilines is 1. The van der Waals surface area contributed by atoms with E-state index >= 15 is 0 Å². The first kappa shape index (κ1) is 26.7. The summed E-state index contributed by atoms with van der Waals surface area (Å²) in [5.74, 6) is -1.73. The Morgan fingerprint density at radius 2 is 1.92 bits per heavy atom. The normalized spacial score (nSPS) is 22.7. The lowest BCUT2D eigenvalue weighted by Crippen LogP contribution is -2.46. The second-order valence-corrected chi connectivity index (χ2v) is 11.0. The van der Waals surface area contributed by atoms with Crippen LogP contribution in [0.5, 0.6) is 0 Å². The highest BCUT2D eigenvalue weighted by Gasteiger charge is 2.25. The second-order valence-electron chi connectivity index (χ2n) is 9.95. The van der Waals surface area contributed by atoms with Crippen LogP contribution >= 0.6 is 11.9 Å². The van der Waals surface area contributed by atoms with Gasteiger partial charge < -0.3 is 15.0 Å². The highest BCUT2D eigenvalue weighted by molar-refractivity contribution is 7.97. The molecule has 0 aromatic carbocycles. The van der Waals surface area contributed by atoms with Gasteiger partial charge in [-0.2, -0.15) is 8.78 Å². The van der Waals surface area contributed by atoms with Crippen molar-refractivity contribution in [2.24, 2.45) is 0 Å². The van der Waals surface area contributed by atoms with Crippen molar-refractivity contribution in [2.45, 2.75) is 57.1 Å². The quantitative estimate of drug-likeness (QED) is 0.443. The Labute approximate surface area is 225 Å². The first-order valence-electron chi connectivity index (χ1n) is 12.9. The number of hydrogen-bond acceptors (Lipinski definition) is 8. The second kappa shape index (κ2) is 11.9. The molecule has 3 atom stereocenters. The minimum atomic E-state index is -2.45. The number of piperidine rings is 1. The van der Waals surface area contributed by atoms with E-state index in [4.69, 9.17) is 14.7 Å². The number of nitrogens with one attached hydrogen (secondary N) is 1. The van der Waals surface area contributed by atoms with Crippen LogP contribution in [0.2, 0.25) is 0 Å². The summed E-state index contributed by atoms with van der Waals surface area (Å²) in [6.45, 7) is 6.72. The molecule has 3 aromatic heterocycles. The molecule has 3 aromatic rings. The maximum absolute atomic E-state index is 12.7. The topological polar surface area (TPSA) is 83.5 Å². The van der Waals surface area contributed by atoms with Crippen molar-refractivity contribution in [3.63, 3.8) is 0 Å². The Hall–Kier alpha value is -2.89. The number of pyridine rings is 3. The number of carbonyl (C=O) groups is 1. The summed E-state index contributed by atoms with van der Waals surface area (Å²) in [7, 11) is 0. The predicted molar refractivity (Wildman–Crippen MR) is 145 cm³/mol. The molecule has 5 rings (SSSR count). The minimum Gasteiger partial charge on any atom is -0.372 e. The van der Waals surface area contributed by atoms with Gasteiger partial charge in [-0.1, -0.05) is 6.07 Å². The van der Waals surface area contributed by atoms with Gasteiger partial charge in [0.05, 0.1) is 41.2 Å². The molecule has 2 saturated heterocycles. The zero-order valence-corrected chi connectivity index (χ0v) is 22.3. The standard InChI is InChI=1S/C27H32F2N6O2S/c1-17-14-34(15-18(2)37-17)25-7-3-6-22(33-25)23-9-8-19-13-30-21(11-24(19)32-23)12-26(36)31-20-5-4-10-35(16-20)38-27(28)29/h3,6-9,11,13,17-18,20,27H,4-5,10,12,14-16H2,1-2H3,(H,31,36). The molecule has 2 aliphatic rings. The van der Waals surface area contributed by atoms with Gasteiger partial charge in [0.15, 0.2) is 0 Å². The molecule has 0 bridgehead atoms. The van der Waals surface area contributed by atoms with Crippen LogP contribution in [0.1, 0.15) is 32.4 Å². The number of alkyl halides is 2. The summed E-state index contributed by atoms with van der Waals surface area (Å²) >= 11 is 0.535. The fourth-order valence-corrected chi connectivity index (χ4v) is 5.84. The van der Waals surface area contributed by atoms with Crippen LogP contribution in [0.25, 0.3) is 22.3 Å². The van der Waals surface area contributed by atoms with Gasteiger partial charge in [0, 0.05) is 43.8 Å². The Morgan fingerprint density at radius 1 is 1.13 bits per heavy atom. The van der Waals surface area contributed by atoms with Crippen LogP contribution < -0.4 is 10.2 Å². The summed E-state index contributed by atoms with van der Waals surface area (Å²) in [6, 6.07) is 11.5. The molecule has 0 aliphatic carbocycles. The smallest absolute Gasteiger partial charge is 0.298 e. The third-order valence-electron chi connectivity index (χ3n) is 6.69. The van der Waals surface area contributed by atoms with Gasteiger partial charge in [0.25, 0.3) is 5.76 Å². The number of fused-ring (bicyclic) bond motifs is 1. The van der Waals surface area contributed by atoms with E-state index in [1.165, 1.54) is 0 Å². The van der Waals surface area contributed by atoms with Gasteiger partial charge in [-0.3, -0.25) is 9.78 Å². The van der Waals surface area contributed by atoms with E-state index in [1.54, 1.807) is 10.5 Å². The Kier molecular flexibility index (Phi) is 8.35. The zero-order chi connectivity index (χ0) is 26.6. The Balaban J connectivity index is 1.27. The molecule has 38 heavy (non-hydrogen) atoms. The Morgan fingerprint density at radius 3 is 2.71 bits per heavy atom. The van der Waals surface area contributed by atoms with E-state index in [-0.39, 0.29) is 30.6 Å². The van der Waals surface area contributed by atoms with Crippen molar-refractivity contribution in [1.82, 2.24) is 24.6 Å². The van der Waals surface area contributed by atoms with Crippen LogP contribution in [0.3, 0.4) is 0 Å². The number of ether oxygens (including phenoxy) is 1. The van der Waals surface area contributed by atoms with Crippen LogP contribution in [0.4, 0.5) is 14.6 Å². The number of rotatable bonds is 7. The number of aromatic nitrogens is 3. The van der Waals surface area contributed by atoms with Gasteiger partial charge in [0.2, 0.25) is 5.91 Å². The van der Waals surface area contributed by atoms with Gasteiger partial charge in [-0.05, 0) is 69.0 Å². The molecular formula is C27H32F2N6O2S. The van der Waals surface area contributed by atoms with Crippen molar-refractivity contribution in [3.05, 3.63) is 48.3 Å². The van der Waals surface area contributed by atoms with Gasteiger partial charge in [0.1, 0.15) is 5.82 Å². The molecule has 0 spiro atoms. The Bertz CT molecular complexity index is 1270. The highest BCUT2D eigenvalue weighted by atomic mass is 32.2. The monoisotopic (exact) mass is 542 g/mol. The molecule has 1 N–H and O–H groups in total. The van der Waals surface area contributed by atoms with E-state index in [2.05, 4.69) is 29.0 Å². The average molecular weight is 543 g/mol. The van der Waals surface area contributed by atoms with Gasteiger partial charge in [-0.25, -0.2) is 14.3 Å². The number of morpholine rings is 1. The zero-order valence-electron chi connectivity index (χ0n) is 21.5. The fourth-order valence-electron chi connectivity index (χ4n) is 5.12. The fraction of sp³-hybridized carbons (Fsp3) is 0.481. The number of halogens is 2. The van der Waals surface area contributed by atoms with Crippen molar-refractivity contribution in [3.8, 4) is 11.4 Å². The predicted octanol–water partition coefficient (Wildman–Crippen LogP) is 4.30. The number of amides is 1. The van der Waals surface area contributed by atoms with Crippen molar-refractivity contribution >= 4 is 34.6 Å². The summed E-state index contributed by atoms with van der Waals surface area (Å²) < 4.78 is 32.9. The van der Waals surface area contributed by atoms with E-state index in [0.29, 0.717) is 30.7 Å². The van der Waals surface area contributed by atoms with E-state index in [0.717, 1.165) is 54.0 Å². The number of hydrogen-bond donors (Lipinski definition) is 1. The molecule has 202 valence electrons. The minimum absolute atomic E-state index is 0.0987. The van der Waals surface area contributed by atoms with Crippen LogP contribution in [0.15, 0.2) is 42.6 Å². The van der Waals surface area contributed by atoms with E-state index in [9.17, 15) is 13.6 Å². The van der Waals surface area contributed by atoms with E-state index < -0.39 is 5.76 Å². The van der Waals surface area contributed by atoms with Gasteiger partial charge >= 0.3 is 0 Å². The molecule has 0 saturated carbocycles. The molecule has 2 fully saturated rings.